The van der Waals surface area contributed by atoms with Gasteiger partial charge >= 0.3 is 0 Å². The quantitative estimate of drug-likeness (QED) is 0.549. The highest BCUT2D eigenvalue weighted by atomic mass is 79.9. The molecule has 1 aliphatic rings. The second-order valence-electron chi connectivity index (χ2n) is 6.82. The molecule has 8 heteroatoms. The minimum atomic E-state index is -3.43. The number of sulfonamides is 1. The Kier molecular flexibility index (Phi) is 5.44. The van der Waals surface area contributed by atoms with Crippen LogP contribution in [-0.4, -0.2) is 32.0 Å². The van der Waals surface area contributed by atoms with Crippen molar-refractivity contribution < 1.29 is 17.9 Å². The van der Waals surface area contributed by atoms with E-state index in [0.29, 0.717) is 33.8 Å². The van der Waals surface area contributed by atoms with E-state index in [1.165, 1.54) is 0 Å². The summed E-state index contributed by atoms with van der Waals surface area (Å²) in [7, 11) is -3.43. The highest BCUT2D eigenvalue weighted by Crippen LogP contribution is 2.35. The molecule has 3 aromatic rings. The van der Waals surface area contributed by atoms with E-state index in [0.717, 1.165) is 16.3 Å². The van der Waals surface area contributed by atoms with Crippen LogP contribution < -0.4 is 9.46 Å². The summed E-state index contributed by atoms with van der Waals surface area (Å²) in [5, 5.41) is 0. The molecule has 0 spiro atoms. The molecule has 152 valence electrons. The molecule has 0 saturated heterocycles. The molecule has 6 nitrogen and oxygen atoms in total. The number of aromatic nitrogens is 1. The number of para-hydroxylation sites is 1. The summed E-state index contributed by atoms with van der Waals surface area (Å²) in [6, 6.07) is 16.0. The van der Waals surface area contributed by atoms with Crippen LogP contribution in [0.1, 0.15) is 16.1 Å². The number of rotatable bonds is 4. The number of nitrogens with one attached hydrogen (secondary N) is 1. The number of nitrogens with zero attached hydrogens (tertiary/aromatic N) is 1. The maximum Gasteiger partial charge on any atom is 0.229 e. The van der Waals surface area contributed by atoms with Crippen LogP contribution in [0.15, 0.2) is 70.8 Å². The molecule has 2 aromatic carbocycles. The largest absolute Gasteiger partial charge is 0.488 e. The molecule has 1 aliphatic heterocycles. The fourth-order valence-corrected chi connectivity index (χ4v) is 3.98. The Morgan fingerprint density at radius 2 is 1.90 bits per heavy atom. The van der Waals surface area contributed by atoms with Crippen molar-refractivity contribution in [2.24, 2.45) is 0 Å². The lowest BCUT2D eigenvalue weighted by Gasteiger charge is -2.20. The lowest BCUT2D eigenvalue weighted by Crippen LogP contribution is -2.19. The monoisotopic (exact) mass is 484 g/mol. The summed E-state index contributed by atoms with van der Waals surface area (Å²) in [4.78, 5) is 17.2. The second kappa shape index (κ2) is 8.04. The Morgan fingerprint density at radius 3 is 2.63 bits per heavy atom. The maximum atomic E-state index is 12.9. The van der Waals surface area contributed by atoms with Gasteiger partial charge in [0, 0.05) is 21.8 Å². The van der Waals surface area contributed by atoms with Crippen molar-refractivity contribution in [1.29, 1.82) is 0 Å². The lowest BCUT2D eigenvalue weighted by atomic mass is 9.95. The van der Waals surface area contributed by atoms with E-state index in [2.05, 4.69) is 25.6 Å². The number of Topliss-reactive ketones (excluding diaryl/α,β-unsaturated/α-hetero) is 1. The summed E-state index contributed by atoms with van der Waals surface area (Å²) < 4.78 is 32.6. The lowest BCUT2D eigenvalue weighted by molar-refractivity contribution is 0.100. The number of fused-ring (bicyclic) bond motifs is 1. The standard InChI is InChI=1S/C22H17BrN2O4S/c1-30(27,28)25-20-5-3-2-4-18(20)14-6-9-19-21(11-14)29-13-15(22(19)26)10-17-8-7-16(23)12-24-17/h2-12,25H,13H2,1H3/b15-10+. The van der Waals surface area contributed by atoms with E-state index < -0.39 is 10.0 Å². The summed E-state index contributed by atoms with van der Waals surface area (Å²) in [6.45, 7) is 0.135. The van der Waals surface area contributed by atoms with Crippen LogP contribution in [0.3, 0.4) is 0 Å². The number of ketones is 1. The van der Waals surface area contributed by atoms with Gasteiger partial charge in [0.2, 0.25) is 10.0 Å². The van der Waals surface area contributed by atoms with E-state index >= 15 is 0 Å². The van der Waals surface area contributed by atoms with Crippen molar-refractivity contribution in [3.63, 3.8) is 0 Å². The first-order valence-corrected chi connectivity index (χ1v) is 11.7. The van der Waals surface area contributed by atoms with E-state index in [1.54, 1.807) is 42.6 Å². The fraction of sp³-hybridized carbons (Fsp3) is 0.0909. The third-order valence-corrected chi connectivity index (χ3v) is 5.57. The molecule has 30 heavy (non-hydrogen) atoms. The molecule has 0 fully saturated rings. The molecule has 0 saturated carbocycles. The third-order valence-electron chi connectivity index (χ3n) is 4.51. The van der Waals surface area contributed by atoms with Crippen molar-refractivity contribution in [2.75, 3.05) is 17.6 Å². The van der Waals surface area contributed by atoms with Crippen LogP contribution in [-0.2, 0) is 10.0 Å². The van der Waals surface area contributed by atoms with E-state index in [1.807, 2.05) is 24.3 Å². The number of hydrogen-bond donors (Lipinski definition) is 1. The molecule has 0 aliphatic carbocycles. The number of pyridine rings is 1. The van der Waals surface area contributed by atoms with Gasteiger partial charge in [-0.25, -0.2) is 8.42 Å². The number of ether oxygens (including phenoxy) is 1. The number of halogens is 1. The van der Waals surface area contributed by atoms with Gasteiger partial charge in [-0.05, 0) is 57.9 Å². The molecule has 1 N–H and O–H groups in total. The molecule has 2 heterocycles. The first-order chi connectivity index (χ1) is 14.3. The van der Waals surface area contributed by atoms with Crippen molar-refractivity contribution in [3.8, 4) is 16.9 Å². The minimum Gasteiger partial charge on any atom is -0.488 e. The predicted octanol–water partition coefficient (Wildman–Crippen LogP) is 4.54. The highest BCUT2D eigenvalue weighted by Gasteiger charge is 2.24. The maximum absolute atomic E-state index is 12.9. The van der Waals surface area contributed by atoms with E-state index in [9.17, 15) is 13.2 Å². The first kappa shape index (κ1) is 20.3. The number of anilines is 1. The van der Waals surface area contributed by atoms with Gasteiger partial charge in [0.1, 0.15) is 12.4 Å². The molecular weight excluding hydrogens is 468 g/mol. The number of hydrogen-bond acceptors (Lipinski definition) is 5. The Bertz CT molecular complexity index is 1270. The summed E-state index contributed by atoms with van der Waals surface area (Å²) in [5.41, 5.74) is 3.55. The average molecular weight is 485 g/mol. The van der Waals surface area contributed by atoms with Gasteiger partial charge in [-0.2, -0.15) is 0 Å². The highest BCUT2D eigenvalue weighted by molar-refractivity contribution is 9.10. The first-order valence-electron chi connectivity index (χ1n) is 9.01. The van der Waals surface area contributed by atoms with Gasteiger partial charge in [-0.3, -0.25) is 14.5 Å². The van der Waals surface area contributed by atoms with E-state index in [-0.39, 0.29) is 12.4 Å². The van der Waals surface area contributed by atoms with Crippen LogP contribution in [0.5, 0.6) is 5.75 Å². The molecule has 0 bridgehead atoms. The molecular formula is C22H17BrN2O4S. The summed E-state index contributed by atoms with van der Waals surface area (Å²) >= 11 is 3.34. The van der Waals surface area contributed by atoms with E-state index in [4.69, 9.17) is 4.74 Å². The molecule has 0 amide bonds. The van der Waals surface area contributed by atoms with Gasteiger partial charge in [-0.15, -0.1) is 0 Å². The molecule has 0 radical (unpaired) electrons. The van der Waals surface area contributed by atoms with Crippen molar-refractivity contribution in [1.82, 2.24) is 4.98 Å². The van der Waals surface area contributed by atoms with Crippen molar-refractivity contribution >= 4 is 43.5 Å². The van der Waals surface area contributed by atoms with Gasteiger partial charge in [0.15, 0.2) is 5.78 Å². The Balaban J connectivity index is 1.67. The normalized spacial score (nSPS) is 14.9. The van der Waals surface area contributed by atoms with Crippen LogP contribution in [0, 0.1) is 0 Å². The predicted molar refractivity (Wildman–Crippen MR) is 120 cm³/mol. The summed E-state index contributed by atoms with van der Waals surface area (Å²) in [6.07, 6.45) is 4.49. The van der Waals surface area contributed by atoms with Gasteiger partial charge in [0.25, 0.3) is 0 Å². The minimum absolute atomic E-state index is 0.116. The van der Waals surface area contributed by atoms with Gasteiger partial charge < -0.3 is 4.74 Å². The SMILES string of the molecule is CS(=O)(=O)Nc1ccccc1-c1ccc2c(c1)OC/C(=C\c1ccc(Br)cn1)C2=O. The zero-order valence-electron chi connectivity index (χ0n) is 15.9. The molecule has 1 aromatic heterocycles. The van der Waals surface area contributed by atoms with Crippen LogP contribution >= 0.6 is 15.9 Å². The number of carbonyl (C=O) groups is 1. The van der Waals surface area contributed by atoms with Crippen molar-refractivity contribution in [3.05, 3.63) is 82.1 Å². The fourth-order valence-electron chi connectivity index (χ4n) is 3.17. The Morgan fingerprint density at radius 1 is 1.10 bits per heavy atom. The average Bonchev–Trinajstić information content (AvgIpc) is 2.71. The number of carbonyl (C=O) groups excluding carboxylic acids is 1. The molecule has 4 rings (SSSR count). The summed E-state index contributed by atoms with van der Waals surface area (Å²) in [5.74, 6) is 0.350. The van der Waals surface area contributed by atoms with Crippen molar-refractivity contribution in [2.45, 2.75) is 0 Å². The Hall–Kier alpha value is -2.97. The van der Waals surface area contributed by atoms with Gasteiger partial charge in [-0.1, -0.05) is 24.3 Å². The van der Waals surface area contributed by atoms with Gasteiger partial charge in [0.05, 0.1) is 23.2 Å². The van der Waals surface area contributed by atoms with Crippen LogP contribution in [0.2, 0.25) is 0 Å². The zero-order chi connectivity index (χ0) is 21.3. The third kappa shape index (κ3) is 4.44. The zero-order valence-corrected chi connectivity index (χ0v) is 18.3. The molecule has 0 atom stereocenters. The topological polar surface area (TPSA) is 85.4 Å². The smallest absolute Gasteiger partial charge is 0.229 e. The second-order valence-corrected chi connectivity index (χ2v) is 9.48. The van der Waals surface area contributed by atoms with Crippen LogP contribution in [0.25, 0.3) is 17.2 Å². The van der Waals surface area contributed by atoms with Crippen LogP contribution in [0.4, 0.5) is 5.69 Å². The Labute approximate surface area is 182 Å². The molecule has 0 unspecified atom stereocenters. The number of benzene rings is 2.